The molecule has 0 fully saturated rings. The quantitative estimate of drug-likeness (QED) is 0.590. The molecule has 0 amide bonds. The van der Waals surface area contributed by atoms with Crippen molar-refractivity contribution < 1.29 is 0 Å². The third-order valence-corrected chi connectivity index (χ3v) is 5.42. The molecular formula is C18H21NSe. The van der Waals surface area contributed by atoms with Gasteiger partial charge in [-0.3, -0.25) is 0 Å². The van der Waals surface area contributed by atoms with Gasteiger partial charge < -0.3 is 0 Å². The molecule has 0 bridgehead atoms. The molecule has 0 radical (unpaired) electrons. The van der Waals surface area contributed by atoms with Gasteiger partial charge in [-0.05, 0) is 0 Å². The van der Waals surface area contributed by atoms with E-state index in [-0.39, 0.29) is 0 Å². The molecule has 0 N–H and O–H groups in total. The van der Waals surface area contributed by atoms with Crippen molar-refractivity contribution in [2.24, 2.45) is 0 Å². The Bertz CT molecular complexity index is 532. The van der Waals surface area contributed by atoms with Gasteiger partial charge in [-0.1, -0.05) is 0 Å². The van der Waals surface area contributed by atoms with Gasteiger partial charge in [0.2, 0.25) is 0 Å². The van der Waals surface area contributed by atoms with Crippen LogP contribution < -0.4 is 4.90 Å². The van der Waals surface area contributed by atoms with Crippen LogP contribution in [-0.4, -0.2) is 21.5 Å². The van der Waals surface area contributed by atoms with Crippen molar-refractivity contribution in [1.29, 1.82) is 0 Å². The van der Waals surface area contributed by atoms with Crippen LogP contribution in [0.2, 0.25) is 11.1 Å². The second kappa shape index (κ2) is 6.47. The standard InChI is InChI=1S/C18H21NSe/c1-20-14-6-13-19-17-9-4-2-7-15(17)11-12-16-8-3-5-10-18(16)19/h2-5,7-10H,6,11-14H2,1H3. The summed E-state index contributed by atoms with van der Waals surface area (Å²) in [6.45, 7) is 1.14. The molecule has 2 heteroatoms. The molecule has 1 aliphatic rings. The zero-order valence-electron chi connectivity index (χ0n) is 12.0. The summed E-state index contributed by atoms with van der Waals surface area (Å²) in [5.41, 5.74) is 5.82. The van der Waals surface area contributed by atoms with Gasteiger partial charge >= 0.3 is 128 Å². The van der Waals surface area contributed by atoms with Crippen LogP contribution in [0.15, 0.2) is 48.5 Å². The number of para-hydroxylation sites is 2. The second-order valence-electron chi connectivity index (χ2n) is 5.26. The van der Waals surface area contributed by atoms with Gasteiger partial charge in [-0.25, -0.2) is 0 Å². The van der Waals surface area contributed by atoms with Crippen LogP contribution in [0.5, 0.6) is 0 Å². The fourth-order valence-corrected chi connectivity index (χ4v) is 3.85. The fourth-order valence-electron chi connectivity index (χ4n) is 2.98. The number of nitrogens with zero attached hydrogens (tertiary/aromatic N) is 1. The van der Waals surface area contributed by atoms with Crippen LogP contribution in [0.4, 0.5) is 11.4 Å². The normalized spacial score (nSPS) is 13.6. The Kier molecular flexibility index (Phi) is 4.44. The van der Waals surface area contributed by atoms with Gasteiger partial charge in [0.15, 0.2) is 0 Å². The van der Waals surface area contributed by atoms with E-state index in [2.05, 4.69) is 59.3 Å². The zero-order chi connectivity index (χ0) is 13.8. The van der Waals surface area contributed by atoms with Crippen molar-refractivity contribution in [2.45, 2.75) is 30.4 Å². The Balaban J connectivity index is 2.00. The van der Waals surface area contributed by atoms with Gasteiger partial charge in [-0.2, -0.15) is 0 Å². The van der Waals surface area contributed by atoms with Crippen molar-refractivity contribution >= 4 is 26.3 Å². The van der Waals surface area contributed by atoms with Crippen LogP contribution in [0.3, 0.4) is 0 Å². The molecule has 3 rings (SSSR count). The summed E-state index contributed by atoms with van der Waals surface area (Å²) in [5, 5.41) is 1.37. The monoisotopic (exact) mass is 331 g/mol. The second-order valence-corrected chi connectivity index (χ2v) is 7.32. The molecule has 1 heterocycles. The molecule has 0 spiro atoms. The number of hydrogen-bond donors (Lipinski definition) is 0. The molecule has 1 aliphatic heterocycles. The molecule has 1 nitrogen and oxygen atoms in total. The van der Waals surface area contributed by atoms with Gasteiger partial charge in [0.05, 0.1) is 0 Å². The van der Waals surface area contributed by atoms with Crippen molar-refractivity contribution in [3.63, 3.8) is 0 Å². The van der Waals surface area contributed by atoms with Crippen molar-refractivity contribution in [2.75, 3.05) is 11.4 Å². The van der Waals surface area contributed by atoms with Crippen LogP contribution in [0.25, 0.3) is 0 Å². The maximum atomic E-state index is 2.55. The number of benzene rings is 2. The van der Waals surface area contributed by atoms with E-state index in [4.69, 9.17) is 0 Å². The average Bonchev–Trinajstić information content (AvgIpc) is 2.66. The predicted molar refractivity (Wildman–Crippen MR) is 88.3 cm³/mol. The summed E-state index contributed by atoms with van der Waals surface area (Å²) in [4.78, 5) is 2.55. The first-order valence-electron chi connectivity index (χ1n) is 7.32. The number of anilines is 2. The summed E-state index contributed by atoms with van der Waals surface area (Å²) >= 11 is 0.783. The fraction of sp³-hybridized carbons (Fsp3) is 0.333. The first kappa shape index (κ1) is 13.7. The Labute approximate surface area is 128 Å². The third-order valence-electron chi connectivity index (χ3n) is 3.96. The predicted octanol–water partition coefficient (Wildman–Crippen LogP) is 4.48. The summed E-state index contributed by atoms with van der Waals surface area (Å²) in [6.07, 6.45) is 3.60. The minimum atomic E-state index is 0.783. The van der Waals surface area contributed by atoms with Crippen LogP contribution in [0.1, 0.15) is 17.5 Å². The summed E-state index contributed by atoms with van der Waals surface area (Å²) in [6, 6.07) is 17.8. The van der Waals surface area contributed by atoms with E-state index in [0.717, 1.165) is 34.3 Å². The van der Waals surface area contributed by atoms with E-state index in [0.29, 0.717) is 0 Å². The van der Waals surface area contributed by atoms with Crippen LogP contribution in [0, 0.1) is 0 Å². The molecular weight excluding hydrogens is 309 g/mol. The first-order chi connectivity index (χ1) is 9.90. The van der Waals surface area contributed by atoms with Crippen LogP contribution >= 0.6 is 0 Å². The zero-order valence-corrected chi connectivity index (χ0v) is 13.7. The Morgan fingerprint density at radius 2 is 1.45 bits per heavy atom. The van der Waals surface area contributed by atoms with E-state index in [1.165, 1.54) is 34.2 Å². The van der Waals surface area contributed by atoms with E-state index < -0.39 is 0 Å². The number of hydrogen-bond acceptors (Lipinski definition) is 1. The number of aryl methyl sites for hydroxylation is 2. The molecule has 104 valence electrons. The molecule has 2 aromatic carbocycles. The van der Waals surface area contributed by atoms with Gasteiger partial charge in [0, 0.05) is 0 Å². The van der Waals surface area contributed by atoms with Crippen LogP contribution in [-0.2, 0) is 12.8 Å². The molecule has 0 aromatic heterocycles. The van der Waals surface area contributed by atoms with E-state index in [9.17, 15) is 0 Å². The van der Waals surface area contributed by atoms with Gasteiger partial charge in [0.25, 0.3) is 0 Å². The SMILES string of the molecule is C[Se]CCCN1c2ccccc2CCc2ccccc21. The van der Waals surface area contributed by atoms with Crippen molar-refractivity contribution in [3.8, 4) is 0 Å². The number of fused-ring (bicyclic) bond motifs is 2. The first-order valence-corrected chi connectivity index (χ1v) is 10.2. The number of rotatable bonds is 4. The topological polar surface area (TPSA) is 3.24 Å². The molecule has 20 heavy (non-hydrogen) atoms. The van der Waals surface area contributed by atoms with Crippen molar-refractivity contribution in [1.82, 2.24) is 0 Å². The maximum absolute atomic E-state index is 2.55. The van der Waals surface area contributed by atoms with Gasteiger partial charge in [0.1, 0.15) is 0 Å². The Hall–Kier alpha value is -1.24. The van der Waals surface area contributed by atoms with Gasteiger partial charge in [-0.15, -0.1) is 0 Å². The Morgan fingerprint density at radius 3 is 2.00 bits per heavy atom. The summed E-state index contributed by atoms with van der Waals surface area (Å²) in [7, 11) is 0. The minimum absolute atomic E-state index is 0.783. The van der Waals surface area contributed by atoms with Crippen molar-refractivity contribution in [3.05, 3.63) is 59.7 Å². The molecule has 0 atom stereocenters. The summed E-state index contributed by atoms with van der Waals surface area (Å²) in [5.74, 6) is 2.33. The Morgan fingerprint density at radius 1 is 0.900 bits per heavy atom. The van der Waals surface area contributed by atoms with E-state index in [1.54, 1.807) is 0 Å². The van der Waals surface area contributed by atoms with E-state index in [1.807, 2.05) is 0 Å². The average molecular weight is 330 g/mol. The van der Waals surface area contributed by atoms with E-state index >= 15 is 0 Å². The third kappa shape index (κ3) is 2.77. The summed E-state index contributed by atoms with van der Waals surface area (Å²) < 4.78 is 0. The molecule has 0 saturated carbocycles. The molecule has 2 aromatic rings. The molecule has 0 saturated heterocycles. The molecule has 0 unspecified atom stereocenters. The molecule has 0 aliphatic carbocycles.